The first kappa shape index (κ1) is 23.6. The summed E-state index contributed by atoms with van der Waals surface area (Å²) in [6.07, 6.45) is 6.73. The number of piperidine rings is 1. The number of carbonyl (C=O) groups excluding carboxylic acids is 3. The number of anilines is 1. The van der Waals surface area contributed by atoms with E-state index in [0.29, 0.717) is 49.2 Å². The summed E-state index contributed by atoms with van der Waals surface area (Å²) in [6.45, 7) is 1.18. The summed E-state index contributed by atoms with van der Waals surface area (Å²) in [6, 6.07) is 14.5. The Balaban J connectivity index is 1.23. The van der Waals surface area contributed by atoms with Crippen molar-refractivity contribution in [3.05, 3.63) is 82.3 Å². The van der Waals surface area contributed by atoms with Crippen LogP contribution in [-0.2, 0) is 11.2 Å². The molecule has 3 amide bonds. The van der Waals surface area contributed by atoms with Gasteiger partial charge in [0.25, 0.3) is 11.8 Å². The first-order valence-corrected chi connectivity index (χ1v) is 12.4. The number of nitrogens with zero attached hydrogens (tertiary/aromatic N) is 2. The Morgan fingerprint density at radius 3 is 2.53 bits per heavy atom. The third-order valence-electron chi connectivity index (χ3n) is 5.86. The number of nitrogens with one attached hydrogen (secondary N) is 2. The molecule has 34 heavy (non-hydrogen) atoms. The van der Waals surface area contributed by atoms with Gasteiger partial charge >= 0.3 is 0 Å². The van der Waals surface area contributed by atoms with Crippen molar-refractivity contribution in [2.45, 2.75) is 38.1 Å². The first-order valence-electron chi connectivity index (χ1n) is 11.5. The van der Waals surface area contributed by atoms with Crippen LogP contribution in [0.5, 0.6) is 0 Å². The van der Waals surface area contributed by atoms with Gasteiger partial charge in [0, 0.05) is 59.6 Å². The minimum Gasteiger partial charge on any atom is -0.349 e. The molecule has 0 spiro atoms. The van der Waals surface area contributed by atoms with Crippen LogP contribution in [0, 0.1) is 0 Å². The highest BCUT2D eigenvalue weighted by Crippen LogP contribution is 2.17. The maximum atomic E-state index is 12.8. The molecule has 1 saturated heterocycles. The molecule has 0 radical (unpaired) electrons. The molecule has 1 aliphatic heterocycles. The molecule has 0 bridgehead atoms. The normalized spacial score (nSPS) is 13.9. The predicted molar refractivity (Wildman–Crippen MR) is 133 cm³/mol. The van der Waals surface area contributed by atoms with Gasteiger partial charge in [0.15, 0.2) is 0 Å². The number of aromatic nitrogens is 1. The molecule has 0 aliphatic carbocycles. The van der Waals surface area contributed by atoms with E-state index < -0.39 is 0 Å². The lowest BCUT2D eigenvalue weighted by Crippen LogP contribution is -2.46. The highest BCUT2D eigenvalue weighted by Gasteiger charge is 2.25. The SMILES string of the molecule is O=C(CCCc1cccs1)Nc1cccc(C(=O)NC2CCN(C(=O)c3ccncc3)CC2)c1. The zero-order valence-corrected chi connectivity index (χ0v) is 19.7. The summed E-state index contributed by atoms with van der Waals surface area (Å²) in [7, 11) is 0. The second kappa shape index (κ2) is 11.6. The van der Waals surface area contributed by atoms with E-state index in [4.69, 9.17) is 0 Å². The molecular weight excluding hydrogens is 448 g/mol. The summed E-state index contributed by atoms with van der Waals surface area (Å²) >= 11 is 1.70. The molecule has 8 heteroatoms. The number of hydrogen-bond donors (Lipinski definition) is 2. The van der Waals surface area contributed by atoms with Gasteiger partial charge in [-0.3, -0.25) is 19.4 Å². The third kappa shape index (κ3) is 6.51. The molecule has 2 N–H and O–H groups in total. The molecule has 3 heterocycles. The molecule has 4 rings (SSSR count). The number of benzene rings is 1. The minimum absolute atomic E-state index is 0.00416. The van der Waals surface area contributed by atoms with Gasteiger partial charge in [-0.15, -0.1) is 11.3 Å². The molecule has 3 aromatic rings. The van der Waals surface area contributed by atoms with Crippen molar-refractivity contribution >= 4 is 34.7 Å². The van der Waals surface area contributed by atoms with E-state index in [-0.39, 0.29) is 23.8 Å². The fourth-order valence-electron chi connectivity index (χ4n) is 4.01. The first-order chi connectivity index (χ1) is 16.6. The third-order valence-corrected chi connectivity index (χ3v) is 6.80. The Bertz CT molecular complexity index is 1110. The van der Waals surface area contributed by atoms with Crippen LogP contribution in [0.2, 0.25) is 0 Å². The predicted octanol–water partition coefficient (Wildman–Crippen LogP) is 4.14. The van der Waals surface area contributed by atoms with Crippen LogP contribution in [0.3, 0.4) is 0 Å². The van der Waals surface area contributed by atoms with Crippen LogP contribution in [0.1, 0.15) is 51.3 Å². The number of amides is 3. The van der Waals surface area contributed by atoms with Gasteiger partial charge in [-0.05, 0) is 67.5 Å². The standard InChI is InChI=1S/C26H28N4O3S/c31-24(8-2-6-23-7-3-17-34-23)28-22-5-1-4-20(18-22)25(32)29-21-11-15-30(16-12-21)26(33)19-9-13-27-14-10-19/h1,3-5,7,9-10,13-14,17-18,21H,2,6,8,11-12,15-16H2,(H,28,31)(H,29,32). The highest BCUT2D eigenvalue weighted by molar-refractivity contribution is 7.09. The maximum absolute atomic E-state index is 12.8. The average molecular weight is 477 g/mol. The van der Waals surface area contributed by atoms with Crippen LogP contribution in [0.4, 0.5) is 5.69 Å². The van der Waals surface area contributed by atoms with Crippen LogP contribution >= 0.6 is 11.3 Å². The van der Waals surface area contributed by atoms with Crippen molar-refractivity contribution in [1.29, 1.82) is 0 Å². The van der Waals surface area contributed by atoms with Crippen LogP contribution in [-0.4, -0.2) is 46.7 Å². The number of pyridine rings is 1. The molecule has 0 atom stereocenters. The van der Waals surface area contributed by atoms with E-state index in [1.807, 2.05) is 16.3 Å². The van der Waals surface area contributed by atoms with E-state index in [1.54, 1.807) is 60.1 Å². The number of hydrogen-bond acceptors (Lipinski definition) is 5. The van der Waals surface area contributed by atoms with Crippen LogP contribution in [0.15, 0.2) is 66.3 Å². The van der Waals surface area contributed by atoms with Crippen molar-refractivity contribution in [2.24, 2.45) is 0 Å². The fourth-order valence-corrected chi connectivity index (χ4v) is 4.76. The molecule has 1 aromatic carbocycles. The second-order valence-corrected chi connectivity index (χ2v) is 9.37. The lowest BCUT2D eigenvalue weighted by molar-refractivity contribution is -0.116. The zero-order valence-electron chi connectivity index (χ0n) is 18.9. The van der Waals surface area contributed by atoms with Gasteiger partial charge in [-0.1, -0.05) is 12.1 Å². The Morgan fingerprint density at radius 1 is 1.00 bits per heavy atom. The fraction of sp³-hybridized carbons (Fsp3) is 0.308. The maximum Gasteiger partial charge on any atom is 0.253 e. The van der Waals surface area contributed by atoms with Crippen LogP contribution < -0.4 is 10.6 Å². The monoisotopic (exact) mass is 476 g/mol. The largest absolute Gasteiger partial charge is 0.349 e. The lowest BCUT2D eigenvalue weighted by Gasteiger charge is -2.32. The van der Waals surface area contributed by atoms with E-state index in [2.05, 4.69) is 21.7 Å². The molecule has 1 fully saturated rings. The van der Waals surface area contributed by atoms with Crippen molar-refractivity contribution in [2.75, 3.05) is 18.4 Å². The molecular formula is C26H28N4O3S. The molecule has 0 unspecified atom stereocenters. The molecule has 2 aromatic heterocycles. The van der Waals surface area contributed by atoms with E-state index in [9.17, 15) is 14.4 Å². The lowest BCUT2D eigenvalue weighted by atomic mass is 10.0. The summed E-state index contributed by atoms with van der Waals surface area (Å²) in [5.74, 6) is -0.237. The number of carbonyl (C=O) groups is 3. The Kier molecular flexibility index (Phi) is 8.04. The van der Waals surface area contributed by atoms with Gasteiger partial charge < -0.3 is 15.5 Å². The zero-order chi connectivity index (χ0) is 23.8. The molecule has 176 valence electrons. The van der Waals surface area contributed by atoms with E-state index >= 15 is 0 Å². The second-order valence-electron chi connectivity index (χ2n) is 8.34. The quantitative estimate of drug-likeness (QED) is 0.511. The summed E-state index contributed by atoms with van der Waals surface area (Å²) < 4.78 is 0. The van der Waals surface area contributed by atoms with E-state index in [0.717, 1.165) is 12.8 Å². The number of thiophene rings is 1. The Morgan fingerprint density at radius 2 is 1.79 bits per heavy atom. The van der Waals surface area contributed by atoms with Gasteiger partial charge in [0.2, 0.25) is 5.91 Å². The van der Waals surface area contributed by atoms with Crippen molar-refractivity contribution in [3.8, 4) is 0 Å². The summed E-state index contributed by atoms with van der Waals surface area (Å²) in [4.78, 5) is 44.7. The number of likely N-dealkylation sites (tertiary alicyclic amines) is 1. The highest BCUT2D eigenvalue weighted by atomic mass is 32.1. The van der Waals surface area contributed by atoms with Crippen molar-refractivity contribution in [3.63, 3.8) is 0 Å². The van der Waals surface area contributed by atoms with Gasteiger partial charge in [-0.2, -0.15) is 0 Å². The summed E-state index contributed by atoms with van der Waals surface area (Å²) in [5.41, 5.74) is 1.75. The average Bonchev–Trinajstić information content (AvgIpc) is 3.38. The smallest absolute Gasteiger partial charge is 0.253 e. The summed E-state index contributed by atoms with van der Waals surface area (Å²) in [5, 5.41) is 8.00. The minimum atomic E-state index is -0.173. The van der Waals surface area contributed by atoms with E-state index in [1.165, 1.54) is 4.88 Å². The Hall–Kier alpha value is -3.52. The van der Waals surface area contributed by atoms with Crippen molar-refractivity contribution < 1.29 is 14.4 Å². The number of rotatable bonds is 8. The number of aryl methyl sites for hydroxylation is 1. The Labute approximate surface area is 203 Å². The van der Waals surface area contributed by atoms with Gasteiger partial charge in [0.05, 0.1) is 0 Å². The van der Waals surface area contributed by atoms with Crippen molar-refractivity contribution in [1.82, 2.24) is 15.2 Å². The van der Waals surface area contributed by atoms with Gasteiger partial charge in [-0.25, -0.2) is 0 Å². The molecule has 1 aliphatic rings. The van der Waals surface area contributed by atoms with Gasteiger partial charge in [0.1, 0.15) is 0 Å². The topological polar surface area (TPSA) is 91.4 Å². The van der Waals surface area contributed by atoms with Crippen LogP contribution in [0.25, 0.3) is 0 Å². The molecule has 0 saturated carbocycles. The molecule has 7 nitrogen and oxygen atoms in total.